The number of carbonyl (C=O) groups excluding carboxylic acids is 2. The first-order chi connectivity index (χ1) is 16.7. The quantitative estimate of drug-likeness (QED) is 0.520. The summed E-state index contributed by atoms with van der Waals surface area (Å²) in [5.74, 6) is -1.81. The average Bonchev–Trinajstić information content (AvgIpc) is 2.84. The predicted octanol–water partition coefficient (Wildman–Crippen LogP) is 2.65. The minimum absolute atomic E-state index is 0.0305. The standard InChI is InChI=1S/C23H25ClN4O6S/c1-3-34-23(30)18-12-17(13-25)20(26-22(18)33-2)28-10-8-15(9-11-28)21(29)27-35(31,32)14-16-6-4-5-7-19(16)24/h4-7,12,15H,3,8-11,14H2,1-2H3,(H,27,29). The highest BCUT2D eigenvalue weighted by Crippen LogP contribution is 2.30. The van der Waals surface area contributed by atoms with Crippen molar-refractivity contribution in [3.05, 3.63) is 52.0 Å². The number of nitrogens with one attached hydrogen (secondary N) is 1. The molecule has 3 rings (SSSR count). The summed E-state index contributed by atoms with van der Waals surface area (Å²) in [5, 5.41) is 9.92. The SMILES string of the molecule is CCOC(=O)c1cc(C#N)c(N2CCC(C(=O)NS(=O)(=O)Cc3ccccc3Cl)CC2)nc1OC. The fourth-order valence-electron chi connectivity index (χ4n) is 3.77. The van der Waals surface area contributed by atoms with E-state index in [9.17, 15) is 23.3 Å². The molecule has 1 saturated heterocycles. The van der Waals surface area contributed by atoms with Crippen LogP contribution >= 0.6 is 11.6 Å². The van der Waals surface area contributed by atoms with Crippen LogP contribution in [0.3, 0.4) is 0 Å². The number of benzene rings is 1. The van der Waals surface area contributed by atoms with E-state index in [0.717, 1.165) is 0 Å². The van der Waals surface area contributed by atoms with Crippen molar-refractivity contribution in [2.24, 2.45) is 5.92 Å². The Morgan fingerprint density at radius 2 is 1.97 bits per heavy atom. The summed E-state index contributed by atoms with van der Waals surface area (Å²) in [6.07, 6.45) is 0.698. The van der Waals surface area contributed by atoms with Gasteiger partial charge in [0.25, 0.3) is 0 Å². The lowest BCUT2D eigenvalue weighted by atomic mass is 9.96. The molecule has 12 heteroatoms. The summed E-state index contributed by atoms with van der Waals surface area (Å²) in [6, 6.07) is 9.95. The second-order valence-electron chi connectivity index (χ2n) is 7.83. The van der Waals surface area contributed by atoms with E-state index in [-0.39, 0.29) is 23.6 Å². The Hall–Kier alpha value is -3.36. The normalized spacial score (nSPS) is 14.2. The van der Waals surface area contributed by atoms with Crippen LogP contribution in [0.1, 0.15) is 41.3 Å². The van der Waals surface area contributed by atoms with Crippen molar-refractivity contribution in [3.8, 4) is 11.9 Å². The van der Waals surface area contributed by atoms with E-state index >= 15 is 0 Å². The van der Waals surface area contributed by atoms with Gasteiger partial charge in [0.05, 0.1) is 25.0 Å². The van der Waals surface area contributed by atoms with Crippen LogP contribution < -0.4 is 14.4 Å². The van der Waals surface area contributed by atoms with Gasteiger partial charge in [-0.3, -0.25) is 9.52 Å². The monoisotopic (exact) mass is 520 g/mol. The highest BCUT2D eigenvalue weighted by molar-refractivity contribution is 7.89. The number of pyridine rings is 1. The number of rotatable bonds is 8. The summed E-state index contributed by atoms with van der Waals surface area (Å²) < 4.78 is 37.3. The molecule has 10 nitrogen and oxygen atoms in total. The molecule has 1 aromatic heterocycles. The van der Waals surface area contributed by atoms with E-state index in [1.165, 1.54) is 13.2 Å². The molecule has 2 heterocycles. The fourth-order valence-corrected chi connectivity index (χ4v) is 5.26. The first-order valence-corrected chi connectivity index (χ1v) is 12.9. The zero-order valence-electron chi connectivity index (χ0n) is 19.3. The van der Waals surface area contributed by atoms with Crippen LogP contribution in [-0.4, -0.2) is 52.1 Å². The van der Waals surface area contributed by atoms with E-state index in [1.54, 1.807) is 36.1 Å². The number of sulfonamides is 1. The van der Waals surface area contributed by atoms with Crippen molar-refractivity contribution in [1.82, 2.24) is 9.71 Å². The van der Waals surface area contributed by atoms with Crippen LogP contribution in [0.2, 0.25) is 5.02 Å². The number of ether oxygens (including phenoxy) is 2. The molecule has 1 aromatic carbocycles. The molecule has 1 N–H and O–H groups in total. The molecular formula is C23H25ClN4O6S. The zero-order valence-corrected chi connectivity index (χ0v) is 20.9. The number of carbonyl (C=O) groups is 2. The molecule has 1 aliphatic heterocycles. The summed E-state index contributed by atoms with van der Waals surface area (Å²) in [6.45, 7) is 2.54. The first kappa shape index (κ1) is 26.2. The smallest absolute Gasteiger partial charge is 0.343 e. The van der Waals surface area contributed by atoms with Crippen molar-refractivity contribution in [3.63, 3.8) is 0 Å². The van der Waals surface area contributed by atoms with Gasteiger partial charge in [-0.15, -0.1) is 0 Å². The molecule has 186 valence electrons. The number of hydrogen-bond acceptors (Lipinski definition) is 9. The number of methoxy groups -OCH3 is 1. The lowest BCUT2D eigenvalue weighted by molar-refractivity contribution is -0.123. The van der Waals surface area contributed by atoms with E-state index < -0.39 is 33.6 Å². The highest BCUT2D eigenvalue weighted by Gasteiger charge is 2.30. The third-order valence-electron chi connectivity index (χ3n) is 5.50. The maximum atomic E-state index is 12.7. The first-order valence-electron chi connectivity index (χ1n) is 10.9. The molecule has 0 spiro atoms. The van der Waals surface area contributed by atoms with Crippen molar-refractivity contribution in [1.29, 1.82) is 5.26 Å². The van der Waals surface area contributed by atoms with Gasteiger partial charge in [-0.1, -0.05) is 29.8 Å². The number of anilines is 1. The molecule has 0 unspecified atom stereocenters. The molecule has 1 aliphatic rings. The van der Waals surface area contributed by atoms with Crippen LogP contribution in [0.25, 0.3) is 0 Å². The van der Waals surface area contributed by atoms with Crippen LogP contribution in [0, 0.1) is 17.2 Å². The van der Waals surface area contributed by atoms with E-state index in [4.69, 9.17) is 21.1 Å². The number of esters is 1. The molecular weight excluding hydrogens is 496 g/mol. The summed E-state index contributed by atoms with van der Waals surface area (Å²) in [7, 11) is -2.56. The molecule has 0 atom stereocenters. The number of amides is 1. The van der Waals surface area contributed by atoms with Gasteiger partial charge in [-0.05, 0) is 37.5 Å². The lowest BCUT2D eigenvalue weighted by Gasteiger charge is -2.32. The third kappa shape index (κ3) is 6.41. The highest BCUT2D eigenvalue weighted by atomic mass is 35.5. The minimum Gasteiger partial charge on any atom is -0.480 e. The average molecular weight is 521 g/mol. The maximum absolute atomic E-state index is 12.7. The summed E-state index contributed by atoms with van der Waals surface area (Å²) >= 11 is 6.03. The Bertz CT molecular complexity index is 1250. The Labute approximate surface area is 208 Å². The molecule has 2 aromatic rings. The number of nitrogens with zero attached hydrogens (tertiary/aromatic N) is 3. The topological polar surface area (TPSA) is 139 Å². The predicted molar refractivity (Wildman–Crippen MR) is 129 cm³/mol. The molecule has 0 saturated carbocycles. The second-order valence-corrected chi connectivity index (χ2v) is 9.96. The number of halogens is 1. The van der Waals surface area contributed by atoms with Gasteiger partial charge in [-0.25, -0.2) is 13.2 Å². The van der Waals surface area contributed by atoms with Gasteiger partial charge < -0.3 is 14.4 Å². The largest absolute Gasteiger partial charge is 0.480 e. The van der Waals surface area contributed by atoms with Gasteiger partial charge in [0.2, 0.25) is 21.8 Å². The van der Waals surface area contributed by atoms with Crippen LogP contribution in [-0.2, 0) is 25.3 Å². The molecule has 0 radical (unpaired) electrons. The Kier molecular flexibility index (Phi) is 8.53. The number of piperidine rings is 1. The molecule has 0 bridgehead atoms. The second kappa shape index (κ2) is 11.4. The third-order valence-corrected chi connectivity index (χ3v) is 7.07. The number of hydrogen-bond donors (Lipinski definition) is 1. The Morgan fingerprint density at radius 3 is 2.57 bits per heavy atom. The Morgan fingerprint density at radius 1 is 1.29 bits per heavy atom. The van der Waals surface area contributed by atoms with Crippen molar-refractivity contribution >= 4 is 39.3 Å². The fraction of sp³-hybridized carbons (Fsp3) is 0.391. The van der Waals surface area contributed by atoms with E-state index in [0.29, 0.717) is 42.3 Å². The van der Waals surface area contributed by atoms with Gasteiger partial charge in [-0.2, -0.15) is 10.2 Å². The Balaban J connectivity index is 1.68. The van der Waals surface area contributed by atoms with Gasteiger partial charge in [0.15, 0.2) is 5.82 Å². The maximum Gasteiger partial charge on any atom is 0.343 e. The molecule has 0 aliphatic carbocycles. The van der Waals surface area contributed by atoms with Crippen molar-refractivity contribution in [2.45, 2.75) is 25.5 Å². The van der Waals surface area contributed by atoms with Crippen molar-refractivity contribution < 1.29 is 27.5 Å². The van der Waals surface area contributed by atoms with Crippen LogP contribution in [0.5, 0.6) is 5.88 Å². The van der Waals surface area contributed by atoms with E-state index in [2.05, 4.69) is 9.71 Å². The summed E-state index contributed by atoms with van der Waals surface area (Å²) in [5.41, 5.74) is 0.617. The number of aromatic nitrogens is 1. The van der Waals surface area contributed by atoms with E-state index in [1.807, 2.05) is 6.07 Å². The van der Waals surface area contributed by atoms with Crippen LogP contribution in [0.15, 0.2) is 30.3 Å². The zero-order chi connectivity index (χ0) is 25.6. The molecule has 1 amide bonds. The molecule has 1 fully saturated rings. The van der Waals surface area contributed by atoms with Gasteiger partial charge >= 0.3 is 5.97 Å². The lowest BCUT2D eigenvalue weighted by Crippen LogP contribution is -2.43. The van der Waals surface area contributed by atoms with Gasteiger partial charge in [0.1, 0.15) is 11.6 Å². The van der Waals surface area contributed by atoms with Crippen molar-refractivity contribution in [2.75, 3.05) is 31.7 Å². The van der Waals surface area contributed by atoms with Crippen LogP contribution in [0.4, 0.5) is 5.82 Å². The summed E-state index contributed by atoms with van der Waals surface area (Å²) in [4.78, 5) is 31.0. The van der Waals surface area contributed by atoms with Gasteiger partial charge in [0, 0.05) is 24.0 Å². The number of nitriles is 1. The molecule has 35 heavy (non-hydrogen) atoms. The minimum atomic E-state index is -3.92.